The van der Waals surface area contributed by atoms with Crippen LogP contribution in [0, 0.1) is 0 Å². The molecule has 0 aromatic heterocycles. The molecule has 2 atom stereocenters. The zero-order chi connectivity index (χ0) is 17.2. The van der Waals surface area contributed by atoms with Gasteiger partial charge in [-0.05, 0) is 29.2 Å². The van der Waals surface area contributed by atoms with Gasteiger partial charge in [0.15, 0.2) is 0 Å². The maximum atomic E-state index is 11.3. The van der Waals surface area contributed by atoms with Crippen molar-refractivity contribution in [2.45, 2.75) is 24.9 Å². The highest BCUT2D eigenvalue weighted by Gasteiger charge is 2.28. The van der Waals surface area contributed by atoms with Crippen molar-refractivity contribution >= 4 is 10.0 Å². The van der Waals surface area contributed by atoms with Crippen molar-refractivity contribution in [1.82, 2.24) is 4.72 Å². The first-order valence-electron chi connectivity index (χ1n) is 7.92. The number of fused-ring (bicyclic) bond motifs is 1. The minimum Gasteiger partial charge on any atom is -0.492 e. The number of hydrogen-bond acceptors (Lipinski definition) is 4. The molecule has 0 saturated carbocycles. The fourth-order valence-electron chi connectivity index (χ4n) is 3.01. The average Bonchev–Trinajstić information content (AvgIpc) is 2.56. The van der Waals surface area contributed by atoms with Crippen molar-refractivity contribution in [2.24, 2.45) is 5.73 Å². The minimum absolute atomic E-state index is 0.0872. The SMILES string of the molecule is CS(=O)(=O)NCc1ccc2c(c1)C(Cc1ccccc1)C(N)CO2. The summed E-state index contributed by atoms with van der Waals surface area (Å²) in [4.78, 5) is 0. The molecule has 0 amide bonds. The van der Waals surface area contributed by atoms with E-state index < -0.39 is 10.0 Å². The lowest BCUT2D eigenvalue weighted by molar-refractivity contribution is 0.238. The van der Waals surface area contributed by atoms with Crippen molar-refractivity contribution in [1.29, 1.82) is 0 Å². The molecule has 2 aromatic carbocycles. The molecule has 128 valence electrons. The second kappa shape index (κ2) is 6.93. The molecule has 0 radical (unpaired) electrons. The van der Waals surface area contributed by atoms with Crippen molar-refractivity contribution in [3.8, 4) is 5.75 Å². The molecule has 6 heteroatoms. The van der Waals surface area contributed by atoms with E-state index in [9.17, 15) is 8.42 Å². The molecule has 3 rings (SSSR count). The smallest absolute Gasteiger partial charge is 0.209 e. The number of nitrogens with two attached hydrogens (primary N) is 1. The largest absolute Gasteiger partial charge is 0.492 e. The fraction of sp³-hybridized carbons (Fsp3) is 0.333. The molecule has 0 saturated heterocycles. The number of rotatable bonds is 5. The highest BCUT2D eigenvalue weighted by Crippen LogP contribution is 2.36. The molecule has 0 aliphatic carbocycles. The van der Waals surface area contributed by atoms with Crippen LogP contribution in [0.5, 0.6) is 5.75 Å². The van der Waals surface area contributed by atoms with E-state index in [4.69, 9.17) is 10.5 Å². The van der Waals surface area contributed by atoms with Crippen molar-refractivity contribution in [3.63, 3.8) is 0 Å². The number of benzene rings is 2. The normalized spacial score (nSPS) is 20.2. The van der Waals surface area contributed by atoms with E-state index in [1.54, 1.807) is 0 Å². The number of hydrogen-bond donors (Lipinski definition) is 2. The summed E-state index contributed by atoms with van der Waals surface area (Å²) >= 11 is 0. The molecule has 5 nitrogen and oxygen atoms in total. The number of ether oxygens (including phenoxy) is 1. The van der Waals surface area contributed by atoms with E-state index in [1.165, 1.54) is 5.56 Å². The van der Waals surface area contributed by atoms with Crippen LogP contribution in [-0.2, 0) is 23.0 Å². The number of nitrogens with one attached hydrogen (secondary N) is 1. The van der Waals surface area contributed by atoms with Gasteiger partial charge in [0.25, 0.3) is 0 Å². The van der Waals surface area contributed by atoms with Crippen LogP contribution < -0.4 is 15.2 Å². The van der Waals surface area contributed by atoms with Crippen LogP contribution in [0.4, 0.5) is 0 Å². The van der Waals surface area contributed by atoms with Gasteiger partial charge in [0.2, 0.25) is 10.0 Å². The summed E-state index contributed by atoms with van der Waals surface area (Å²) in [6.45, 7) is 0.755. The van der Waals surface area contributed by atoms with E-state index in [0.717, 1.165) is 29.6 Å². The van der Waals surface area contributed by atoms with Gasteiger partial charge in [-0.2, -0.15) is 0 Å². The molecule has 24 heavy (non-hydrogen) atoms. The molecular weight excluding hydrogens is 324 g/mol. The second-order valence-electron chi connectivity index (χ2n) is 6.24. The van der Waals surface area contributed by atoms with E-state index in [-0.39, 0.29) is 18.5 Å². The predicted molar refractivity (Wildman–Crippen MR) is 94.5 cm³/mol. The molecule has 1 aliphatic heterocycles. The van der Waals surface area contributed by atoms with Crippen molar-refractivity contribution in [2.75, 3.05) is 12.9 Å². The lowest BCUT2D eigenvalue weighted by atomic mass is 9.84. The summed E-state index contributed by atoms with van der Waals surface area (Å²) in [7, 11) is -3.22. The van der Waals surface area contributed by atoms with Crippen molar-refractivity contribution in [3.05, 3.63) is 65.2 Å². The molecule has 1 aliphatic rings. The van der Waals surface area contributed by atoms with Crippen LogP contribution in [-0.4, -0.2) is 27.3 Å². The van der Waals surface area contributed by atoms with Gasteiger partial charge in [-0.3, -0.25) is 0 Å². The Kier molecular flexibility index (Phi) is 4.89. The zero-order valence-electron chi connectivity index (χ0n) is 13.6. The molecule has 0 fully saturated rings. The summed E-state index contributed by atoms with van der Waals surface area (Å²) in [5, 5.41) is 0. The summed E-state index contributed by atoms with van der Waals surface area (Å²) in [5.41, 5.74) is 9.47. The van der Waals surface area contributed by atoms with Gasteiger partial charge in [0.1, 0.15) is 12.4 Å². The first-order chi connectivity index (χ1) is 11.4. The maximum absolute atomic E-state index is 11.3. The Morgan fingerprint density at radius 3 is 2.62 bits per heavy atom. The lowest BCUT2D eigenvalue weighted by Gasteiger charge is -2.32. The van der Waals surface area contributed by atoms with Gasteiger partial charge < -0.3 is 10.5 Å². The van der Waals surface area contributed by atoms with Crippen LogP contribution in [0.2, 0.25) is 0 Å². The summed E-state index contributed by atoms with van der Waals surface area (Å²) < 4.78 is 30.9. The van der Waals surface area contributed by atoms with E-state index >= 15 is 0 Å². The molecule has 2 aromatic rings. The third-order valence-corrected chi connectivity index (χ3v) is 4.93. The highest BCUT2D eigenvalue weighted by molar-refractivity contribution is 7.88. The second-order valence-corrected chi connectivity index (χ2v) is 8.07. The molecular formula is C18H22N2O3S. The topological polar surface area (TPSA) is 81.4 Å². The van der Waals surface area contributed by atoms with Gasteiger partial charge in [-0.25, -0.2) is 13.1 Å². The first kappa shape index (κ1) is 17.0. The summed E-state index contributed by atoms with van der Waals surface area (Å²) in [6.07, 6.45) is 1.99. The predicted octanol–water partition coefficient (Wildman–Crippen LogP) is 1.78. The Balaban J connectivity index is 1.87. The van der Waals surface area contributed by atoms with Crippen LogP contribution in [0.25, 0.3) is 0 Å². The first-order valence-corrected chi connectivity index (χ1v) is 9.81. The van der Waals surface area contributed by atoms with E-state index in [0.29, 0.717) is 6.61 Å². The average molecular weight is 346 g/mol. The van der Waals surface area contributed by atoms with Crippen LogP contribution >= 0.6 is 0 Å². The summed E-state index contributed by atoms with van der Waals surface area (Å²) in [6, 6.07) is 15.9. The van der Waals surface area contributed by atoms with Crippen molar-refractivity contribution < 1.29 is 13.2 Å². The lowest BCUT2D eigenvalue weighted by Crippen LogP contribution is -2.39. The quantitative estimate of drug-likeness (QED) is 0.865. The monoisotopic (exact) mass is 346 g/mol. The van der Waals surface area contributed by atoms with Gasteiger partial charge in [0, 0.05) is 18.5 Å². The molecule has 2 unspecified atom stereocenters. The zero-order valence-corrected chi connectivity index (χ0v) is 14.4. The Labute approximate surface area is 142 Å². The van der Waals surface area contributed by atoms with E-state index in [2.05, 4.69) is 16.9 Å². The van der Waals surface area contributed by atoms with Gasteiger partial charge in [0.05, 0.1) is 6.26 Å². The van der Waals surface area contributed by atoms with E-state index in [1.807, 2.05) is 36.4 Å². The van der Waals surface area contributed by atoms with Gasteiger partial charge in [-0.15, -0.1) is 0 Å². The Bertz CT molecular complexity index is 806. The summed E-state index contributed by atoms with van der Waals surface area (Å²) in [5.74, 6) is 0.982. The van der Waals surface area contributed by atoms with Crippen LogP contribution in [0.3, 0.4) is 0 Å². The molecule has 1 heterocycles. The maximum Gasteiger partial charge on any atom is 0.209 e. The third kappa shape index (κ3) is 4.14. The Morgan fingerprint density at radius 2 is 1.92 bits per heavy atom. The van der Waals surface area contributed by atoms with Gasteiger partial charge >= 0.3 is 0 Å². The molecule has 0 spiro atoms. The highest BCUT2D eigenvalue weighted by atomic mass is 32.2. The molecule has 3 N–H and O–H groups in total. The minimum atomic E-state index is -3.22. The van der Waals surface area contributed by atoms with Gasteiger partial charge in [-0.1, -0.05) is 42.5 Å². The van der Waals surface area contributed by atoms with Crippen LogP contribution in [0.15, 0.2) is 48.5 Å². The Morgan fingerprint density at radius 1 is 1.17 bits per heavy atom. The number of sulfonamides is 1. The standard InChI is InChI=1S/C18H22N2O3S/c1-24(21,22)20-11-14-7-8-18-16(10-14)15(17(19)12-23-18)9-13-5-3-2-4-6-13/h2-8,10,15,17,20H,9,11-12,19H2,1H3. The molecule has 0 bridgehead atoms. The van der Waals surface area contributed by atoms with Crippen LogP contribution in [0.1, 0.15) is 22.6 Å². The fourth-order valence-corrected chi connectivity index (χ4v) is 3.43. The Hall–Kier alpha value is -1.89. The third-order valence-electron chi connectivity index (χ3n) is 4.26.